The fraction of sp³-hybridized carbons (Fsp3) is 1.00. The Labute approximate surface area is 55.8 Å². The summed E-state index contributed by atoms with van der Waals surface area (Å²) < 4.78 is 0.611. The van der Waals surface area contributed by atoms with Gasteiger partial charge in [0.1, 0.15) is 0 Å². The van der Waals surface area contributed by atoms with E-state index in [0.717, 1.165) is 0 Å². The van der Waals surface area contributed by atoms with Crippen molar-refractivity contribution in [2.45, 2.75) is 31.4 Å². The van der Waals surface area contributed by atoms with Gasteiger partial charge in [0.25, 0.3) is 0 Å². The second-order valence-electron chi connectivity index (χ2n) is 2.71. The van der Waals surface area contributed by atoms with E-state index in [-0.39, 0.29) is 6.15 Å². The Morgan fingerprint density at radius 1 is 1.38 bits per heavy atom. The van der Waals surface area contributed by atoms with Crippen LogP contribution in [0.1, 0.15) is 26.7 Å². The second kappa shape index (κ2) is 2.74. The molecule has 1 aliphatic rings. The van der Waals surface area contributed by atoms with Crippen molar-refractivity contribution in [3.05, 3.63) is 0 Å². The molecule has 0 bridgehead atoms. The Morgan fingerprint density at radius 3 is 2.12 bits per heavy atom. The van der Waals surface area contributed by atoms with Crippen molar-refractivity contribution >= 4 is 11.8 Å². The van der Waals surface area contributed by atoms with E-state index >= 15 is 0 Å². The first-order chi connectivity index (χ1) is 3.21. The molecule has 0 amide bonds. The highest BCUT2D eigenvalue weighted by atomic mass is 32.2. The number of hydrogen-bond donors (Lipinski definition) is 1. The number of thioether (sulfide) groups is 1. The van der Waals surface area contributed by atoms with Gasteiger partial charge in [-0.1, -0.05) is 13.8 Å². The smallest absolute Gasteiger partial charge is 0.0104 e. The molecule has 0 aromatic rings. The molecule has 2 heteroatoms. The maximum absolute atomic E-state index is 2.32. The van der Waals surface area contributed by atoms with Crippen molar-refractivity contribution < 1.29 is 0 Å². The van der Waals surface area contributed by atoms with Crippen molar-refractivity contribution in [2.75, 3.05) is 5.75 Å². The average molecular weight is 133 g/mol. The van der Waals surface area contributed by atoms with Crippen LogP contribution >= 0.6 is 11.8 Å². The summed E-state index contributed by atoms with van der Waals surface area (Å²) in [6.45, 7) is 4.65. The minimum Gasteiger partial charge on any atom is -0.344 e. The summed E-state index contributed by atoms with van der Waals surface area (Å²) in [5, 5.41) is 0. The molecule has 3 N–H and O–H groups in total. The minimum atomic E-state index is 0. The summed E-state index contributed by atoms with van der Waals surface area (Å²) >= 11 is 2.10. The molecule has 1 heterocycles. The fourth-order valence-corrected chi connectivity index (χ4v) is 2.05. The third-order valence-corrected chi connectivity index (χ3v) is 2.89. The molecule has 0 saturated carbocycles. The van der Waals surface area contributed by atoms with E-state index in [1.807, 2.05) is 0 Å². The van der Waals surface area contributed by atoms with Gasteiger partial charge in [-0.2, -0.15) is 11.8 Å². The van der Waals surface area contributed by atoms with Gasteiger partial charge in [0.2, 0.25) is 0 Å². The van der Waals surface area contributed by atoms with Crippen LogP contribution in [0.25, 0.3) is 0 Å². The van der Waals surface area contributed by atoms with E-state index < -0.39 is 0 Å². The van der Waals surface area contributed by atoms with Crippen LogP contribution in [-0.2, 0) is 0 Å². The lowest BCUT2D eigenvalue weighted by molar-refractivity contribution is 0.665. The van der Waals surface area contributed by atoms with Gasteiger partial charge >= 0.3 is 0 Å². The minimum absolute atomic E-state index is 0. The molecule has 50 valence electrons. The monoisotopic (exact) mass is 133 g/mol. The molecule has 1 aliphatic heterocycles. The van der Waals surface area contributed by atoms with Crippen molar-refractivity contribution in [1.82, 2.24) is 6.15 Å². The summed E-state index contributed by atoms with van der Waals surface area (Å²) in [6, 6.07) is 0. The van der Waals surface area contributed by atoms with Crippen LogP contribution in [0, 0.1) is 0 Å². The highest BCUT2D eigenvalue weighted by molar-refractivity contribution is 8.00. The molecule has 0 aromatic carbocycles. The Kier molecular flexibility index (Phi) is 2.84. The lowest BCUT2D eigenvalue weighted by atomic mass is 10.1. The molecule has 1 saturated heterocycles. The average Bonchev–Trinajstić information content (AvgIpc) is 1.84. The van der Waals surface area contributed by atoms with Crippen LogP contribution in [0.15, 0.2) is 0 Å². The van der Waals surface area contributed by atoms with Crippen molar-refractivity contribution in [3.63, 3.8) is 0 Å². The van der Waals surface area contributed by atoms with E-state index in [9.17, 15) is 0 Å². The lowest BCUT2D eigenvalue weighted by Gasteiger charge is -2.13. The Balaban J connectivity index is 0.000000490. The van der Waals surface area contributed by atoms with Crippen LogP contribution < -0.4 is 6.15 Å². The predicted octanol–water partition coefficient (Wildman–Crippen LogP) is 2.45. The first-order valence-electron chi connectivity index (χ1n) is 2.85. The SMILES string of the molecule is CC1(C)CCCS1.N. The van der Waals surface area contributed by atoms with E-state index in [2.05, 4.69) is 25.6 Å². The molecule has 8 heavy (non-hydrogen) atoms. The molecule has 0 aliphatic carbocycles. The molecule has 1 rings (SSSR count). The molecule has 0 atom stereocenters. The maximum atomic E-state index is 2.32. The third kappa shape index (κ3) is 2.05. The van der Waals surface area contributed by atoms with Crippen LogP contribution in [-0.4, -0.2) is 10.5 Å². The Morgan fingerprint density at radius 2 is 2.00 bits per heavy atom. The van der Waals surface area contributed by atoms with Gasteiger partial charge in [0.05, 0.1) is 0 Å². The molecule has 0 aromatic heterocycles. The molecular weight excluding hydrogens is 118 g/mol. The standard InChI is InChI=1S/C6H12S.H3N/c1-6(2)4-3-5-7-6;/h3-5H2,1-2H3;1H3. The predicted molar refractivity (Wildman–Crippen MR) is 40.8 cm³/mol. The van der Waals surface area contributed by atoms with Gasteiger partial charge < -0.3 is 6.15 Å². The van der Waals surface area contributed by atoms with Crippen LogP contribution in [0.3, 0.4) is 0 Å². The first kappa shape index (κ1) is 8.31. The number of rotatable bonds is 0. The maximum Gasteiger partial charge on any atom is 0.0104 e. The van der Waals surface area contributed by atoms with Crippen LogP contribution in [0.5, 0.6) is 0 Å². The molecule has 0 radical (unpaired) electrons. The van der Waals surface area contributed by atoms with Gasteiger partial charge in [-0.15, -0.1) is 0 Å². The van der Waals surface area contributed by atoms with Gasteiger partial charge in [-0.05, 0) is 18.6 Å². The van der Waals surface area contributed by atoms with Crippen molar-refractivity contribution in [3.8, 4) is 0 Å². The molecule has 1 nitrogen and oxygen atoms in total. The summed E-state index contributed by atoms with van der Waals surface area (Å²) in [5.74, 6) is 1.38. The van der Waals surface area contributed by atoms with E-state index in [1.54, 1.807) is 0 Å². The summed E-state index contributed by atoms with van der Waals surface area (Å²) in [5.41, 5.74) is 0. The van der Waals surface area contributed by atoms with E-state index in [0.29, 0.717) is 4.75 Å². The normalized spacial score (nSPS) is 24.8. The molecule has 1 fully saturated rings. The largest absolute Gasteiger partial charge is 0.344 e. The van der Waals surface area contributed by atoms with Crippen LogP contribution in [0.2, 0.25) is 0 Å². The van der Waals surface area contributed by atoms with E-state index in [4.69, 9.17) is 0 Å². The van der Waals surface area contributed by atoms with E-state index in [1.165, 1.54) is 18.6 Å². The van der Waals surface area contributed by atoms with Gasteiger partial charge in [0.15, 0.2) is 0 Å². The molecule has 0 unspecified atom stereocenters. The molecular formula is C6H15NS. The third-order valence-electron chi connectivity index (χ3n) is 1.42. The summed E-state index contributed by atoms with van der Waals surface area (Å²) in [4.78, 5) is 0. The van der Waals surface area contributed by atoms with Gasteiger partial charge in [-0.3, -0.25) is 0 Å². The summed E-state index contributed by atoms with van der Waals surface area (Å²) in [6.07, 6.45) is 2.84. The zero-order chi connectivity index (χ0) is 5.33. The van der Waals surface area contributed by atoms with Crippen molar-refractivity contribution in [2.24, 2.45) is 0 Å². The topological polar surface area (TPSA) is 35.0 Å². The van der Waals surface area contributed by atoms with Crippen molar-refractivity contribution in [1.29, 1.82) is 0 Å². The van der Waals surface area contributed by atoms with Gasteiger partial charge in [0, 0.05) is 4.75 Å². The molecule has 0 spiro atoms. The quantitative estimate of drug-likeness (QED) is 0.551. The van der Waals surface area contributed by atoms with Crippen LogP contribution in [0.4, 0.5) is 0 Å². The number of hydrogen-bond acceptors (Lipinski definition) is 2. The fourth-order valence-electron chi connectivity index (χ4n) is 0.919. The highest BCUT2D eigenvalue weighted by Gasteiger charge is 2.22. The summed E-state index contributed by atoms with van der Waals surface area (Å²) in [7, 11) is 0. The Bertz CT molecular complexity index is 62.9. The second-order valence-corrected chi connectivity index (χ2v) is 4.51. The zero-order valence-electron chi connectivity index (χ0n) is 5.74. The Hall–Kier alpha value is 0.310. The zero-order valence-corrected chi connectivity index (χ0v) is 6.55. The highest BCUT2D eigenvalue weighted by Crippen LogP contribution is 2.36. The lowest BCUT2D eigenvalue weighted by Crippen LogP contribution is -2.06. The first-order valence-corrected chi connectivity index (χ1v) is 3.83. The van der Waals surface area contributed by atoms with Gasteiger partial charge in [-0.25, -0.2) is 0 Å².